The van der Waals surface area contributed by atoms with E-state index in [4.69, 9.17) is 14.2 Å². The number of carbonyl (C=O) groups excluding carboxylic acids is 1. The zero-order chi connectivity index (χ0) is 15.0. The summed E-state index contributed by atoms with van der Waals surface area (Å²) in [5.74, 6) is 0.411. The molecule has 0 saturated heterocycles. The Morgan fingerprint density at radius 2 is 2.05 bits per heavy atom. The van der Waals surface area contributed by atoms with Gasteiger partial charge in [0.15, 0.2) is 5.54 Å². The molecule has 0 heterocycles. The van der Waals surface area contributed by atoms with Crippen LogP contribution in [-0.2, 0) is 14.3 Å². The third-order valence-electron chi connectivity index (χ3n) is 3.11. The summed E-state index contributed by atoms with van der Waals surface area (Å²) >= 11 is 0. The molecule has 0 aliphatic carbocycles. The highest BCUT2D eigenvalue weighted by Gasteiger charge is 2.38. The van der Waals surface area contributed by atoms with Crippen LogP contribution in [0.4, 0.5) is 5.69 Å². The van der Waals surface area contributed by atoms with Crippen molar-refractivity contribution in [2.24, 2.45) is 0 Å². The van der Waals surface area contributed by atoms with Gasteiger partial charge in [0, 0.05) is 18.9 Å². The summed E-state index contributed by atoms with van der Waals surface area (Å²) in [6.45, 7) is 4.28. The van der Waals surface area contributed by atoms with Crippen molar-refractivity contribution in [2.45, 2.75) is 25.8 Å². The van der Waals surface area contributed by atoms with Crippen LogP contribution in [-0.4, -0.2) is 38.9 Å². The van der Waals surface area contributed by atoms with E-state index in [-0.39, 0.29) is 12.6 Å². The van der Waals surface area contributed by atoms with Gasteiger partial charge < -0.3 is 19.5 Å². The minimum atomic E-state index is -0.892. The Bertz CT molecular complexity index is 436. The fraction of sp³-hybridized carbons (Fsp3) is 0.533. The molecular formula is C15H23NO4. The maximum Gasteiger partial charge on any atom is 0.334 e. The number of hydrogen-bond donors (Lipinski definition) is 1. The molecule has 5 nitrogen and oxygen atoms in total. The third-order valence-corrected chi connectivity index (χ3v) is 3.11. The summed E-state index contributed by atoms with van der Waals surface area (Å²) in [6, 6.07) is 7.42. The van der Waals surface area contributed by atoms with Gasteiger partial charge in [0.2, 0.25) is 0 Å². The molecule has 0 bridgehead atoms. The summed E-state index contributed by atoms with van der Waals surface area (Å²) in [6.07, 6.45) is 0.552. The van der Waals surface area contributed by atoms with E-state index in [0.717, 1.165) is 11.4 Å². The minimum absolute atomic E-state index is 0.236. The second-order valence-electron chi connectivity index (χ2n) is 4.45. The van der Waals surface area contributed by atoms with Gasteiger partial charge in [-0.3, -0.25) is 0 Å². The molecular weight excluding hydrogens is 258 g/mol. The van der Waals surface area contributed by atoms with E-state index in [1.54, 1.807) is 21.1 Å². The Balaban J connectivity index is 3.01. The van der Waals surface area contributed by atoms with Crippen LogP contribution in [0.1, 0.15) is 20.3 Å². The van der Waals surface area contributed by atoms with Crippen LogP contribution in [0, 0.1) is 0 Å². The van der Waals surface area contributed by atoms with E-state index in [1.165, 1.54) is 0 Å². The van der Waals surface area contributed by atoms with E-state index >= 15 is 0 Å². The molecule has 1 aromatic rings. The Morgan fingerprint density at radius 1 is 1.30 bits per heavy atom. The van der Waals surface area contributed by atoms with Crippen LogP contribution in [0.15, 0.2) is 24.3 Å². The molecule has 1 rings (SSSR count). The van der Waals surface area contributed by atoms with E-state index in [9.17, 15) is 4.79 Å². The van der Waals surface area contributed by atoms with Crippen molar-refractivity contribution in [1.29, 1.82) is 0 Å². The molecule has 0 fully saturated rings. The van der Waals surface area contributed by atoms with Gasteiger partial charge in [-0.1, -0.05) is 13.0 Å². The Labute approximate surface area is 120 Å². The Morgan fingerprint density at radius 3 is 2.60 bits per heavy atom. The minimum Gasteiger partial charge on any atom is -0.497 e. The quantitative estimate of drug-likeness (QED) is 0.742. The summed E-state index contributed by atoms with van der Waals surface area (Å²) in [7, 11) is 3.17. The largest absolute Gasteiger partial charge is 0.497 e. The second-order valence-corrected chi connectivity index (χ2v) is 4.45. The van der Waals surface area contributed by atoms with E-state index in [2.05, 4.69) is 5.32 Å². The van der Waals surface area contributed by atoms with Crippen LogP contribution in [0.25, 0.3) is 0 Å². The maximum absolute atomic E-state index is 12.2. The van der Waals surface area contributed by atoms with Gasteiger partial charge in [-0.25, -0.2) is 4.79 Å². The third kappa shape index (κ3) is 3.87. The van der Waals surface area contributed by atoms with Crippen LogP contribution >= 0.6 is 0 Å². The van der Waals surface area contributed by atoms with Gasteiger partial charge in [-0.2, -0.15) is 0 Å². The number of rotatable bonds is 8. The normalized spacial score (nSPS) is 13.4. The van der Waals surface area contributed by atoms with Crippen LogP contribution in [0.2, 0.25) is 0 Å². The molecule has 1 unspecified atom stereocenters. The monoisotopic (exact) mass is 281 g/mol. The number of benzene rings is 1. The number of hydrogen-bond acceptors (Lipinski definition) is 5. The first-order valence-corrected chi connectivity index (χ1v) is 6.70. The predicted molar refractivity (Wildman–Crippen MR) is 78.1 cm³/mol. The smallest absolute Gasteiger partial charge is 0.334 e. The van der Waals surface area contributed by atoms with Crippen LogP contribution < -0.4 is 10.1 Å². The van der Waals surface area contributed by atoms with Gasteiger partial charge in [0.05, 0.1) is 20.3 Å². The van der Waals surface area contributed by atoms with Gasteiger partial charge in [-0.15, -0.1) is 0 Å². The van der Waals surface area contributed by atoms with Gasteiger partial charge >= 0.3 is 5.97 Å². The number of nitrogens with one attached hydrogen (secondary N) is 1. The summed E-state index contributed by atoms with van der Waals surface area (Å²) in [5, 5.41) is 3.22. The number of carbonyl (C=O) groups is 1. The predicted octanol–water partition coefficient (Wildman–Crippen LogP) is 2.47. The zero-order valence-corrected chi connectivity index (χ0v) is 12.6. The lowest BCUT2D eigenvalue weighted by Crippen LogP contribution is -2.50. The lowest BCUT2D eigenvalue weighted by atomic mass is 9.96. The van der Waals surface area contributed by atoms with Crippen molar-refractivity contribution in [1.82, 2.24) is 0 Å². The molecule has 0 aliphatic heterocycles. The van der Waals surface area contributed by atoms with Crippen molar-refractivity contribution < 1.29 is 19.0 Å². The van der Waals surface area contributed by atoms with Gasteiger partial charge in [0.1, 0.15) is 5.75 Å². The van der Waals surface area contributed by atoms with E-state index in [0.29, 0.717) is 13.0 Å². The highest BCUT2D eigenvalue weighted by Crippen LogP contribution is 2.24. The highest BCUT2D eigenvalue weighted by atomic mass is 16.5. The molecule has 1 N–H and O–H groups in total. The van der Waals surface area contributed by atoms with Gasteiger partial charge in [-0.05, 0) is 25.5 Å². The van der Waals surface area contributed by atoms with Crippen LogP contribution in [0.5, 0.6) is 5.75 Å². The molecule has 112 valence electrons. The van der Waals surface area contributed by atoms with Crippen molar-refractivity contribution in [3.05, 3.63) is 24.3 Å². The van der Waals surface area contributed by atoms with E-state index in [1.807, 2.05) is 31.2 Å². The highest BCUT2D eigenvalue weighted by molar-refractivity contribution is 5.85. The summed E-state index contributed by atoms with van der Waals surface area (Å²) < 4.78 is 15.6. The lowest BCUT2D eigenvalue weighted by Gasteiger charge is -2.31. The number of anilines is 1. The molecule has 0 saturated carbocycles. The SMILES string of the molecule is CCOC(=O)C(CC)(COC)Nc1cccc(OC)c1. The molecule has 0 amide bonds. The average molecular weight is 281 g/mol. The van der Waals surface area contributed by atoms with E-state index < -0.39 is 5.54 Å². The number of ether oxygens (including phenoxy) is 3. The standard InChI is InChI=1S/C15H23NO4/c1-5-15(11-18-3,14(17)20-6-2)16-12-8-7-9-13(10-12)19-4/h7-10,16H,5-6,11H2,1-4H3. The second kappa shape index (κ2) is 7.75. The summed E-state index contributed by atoms with van der Waals surface area (Å²) in [4.78, 5) is 12.2. The Hall–Kier alpha value is -1.75. The molecule has 0 aliphatic rings. The Kier molecular flexibility index (Phi) is 6.31. The molecule has 0 aromatic heterocycles. The van der Waals surface area contributed by atoms with Crippen LogP contribution in [0.3, 0.4) is 0 Å². The first kappa shape index (κ1) is 16.3. The topological polar surface area (TPSA) is 56.8 Å². The number of methoxy groups -OCH3 is 2. The first-order valence-electron chi connectivity index (χ1n) is 6.70. The average Bonchev–Trinajstić information content (AvgIpc) is 2.47. The molecule has 0 spiro atoms. The lowest BCUT2D eigenvalue weighted by molar-refractivity contribution is -0.150. The molecule has 0 radical (unpaired) electrons. The number of esters is 1. The summed E-state index contributed by atoms with van der Waals surface area (Å²) in [5.41, 5.74) is -0.103. The first-order chi connectivity index (χ1) is 9.61. The maximum atomic E-state index is 12.2. The fourth-order valence-corrected chi connectivity index (χ4v) is 1.97. The van der Waals surface area contributed by atoms with Gasteiger partial charge in [0.25, 0.3) is 0 Å². The molecule has 20 heavy (non-hydrogen) atoms. The van der Waals surface area contributed by atoms with Crippen molar-refractivity contribution in [2.75, 3.05) is 32.8 Å². The van der Waals surface area contributed by atoms with Crippen molar-refractivity contribution >= 4 is 11.7 Å². The molecule has 1 aromatic carbocycles. The zero-order valence-electron chi connectivity index (χ0n) is 12.6. The molecule has 5 heteroatoms. The van der Waals surface area contributed by atoms with Crippen molar-refractivity contribution in [3.8, 4) is 5.75 Å². The van der Waals surface area contributed by atoms with Crippen molar-refractivity contribution in [3.63, 3.8) is 0 Å². The molecule has 1 atom stereocenters. The fourth-order valence-electron chi connectivity index (χ4n) is 1.97.